The fraction of sp³-hybridized carbons (Fsp3) is 0.222. The summed E-state index contributed by atoms with van der Waals surface area (Å²) in [5.74, 6) is -2.17. The highest BCUT2D eigenvalue weighted by Crippen LogP contribution is 2.23. The van der Waals surface area contributed by atoms with E-state index in [1.807, 2.05) is 0 Å². The molecule has 0 heterocycles. The highest BCUT2D eigenvalue weighted by atomic mass is 32.2. The zero-order valence-electron chi connectivity index (χ0n) is 14.7. The van der Waals surface area contributed by atoms with Gasteiger partial charge in [-0.2, -0.15) is 0 Å². The maximum absolute atomic E-state index is 12.3. The number of halogens is 3. The molecule has 7 nitrogen and oxygen atoms in total. The predicted molar refractivity (Wildman–Crippen MR) is 98.2 cm³/mol. The Kier molecular flexibility index (Phi) is 7.88. The first-order chi connectivity index (χ1) is 13.7. The zero-order chi connectivity index (χ0) is 21.4. The van der Waals surface area contributed by atoms with Gasteiger partial charge in [-0.05, 0) is 29.8 Å². The number of carbonyl (C=O) groups excluding carboxylic acids is 2. The number of amides is 2. The van der Waals surface area contributed by atoms with Gasteiger partial charge in [-0.25, -0.2) is 5.48 Å². The van der Waals surface area contributed by atoms with Crippen LogP contribution in [0, 0.1) is 0 Å². The number of thioether (sulfide) groups is 1. The molecule has 0 bridgehead atoms. The molecule has 0 aliphatic rings. The minimum Gasteiger partial charge on any atom is -0.406 e. The van der Waals surface area contributed by atoms with E-state index in [1.54, 1.807) is 30.3 Å². The van der Waals surface area contributed by atoms with Crippen LogP contribution in [0.5, 0.6) is 5.75 Å². The lowest BCUT2D eigenvalue weighted by atomic mass is 10.1. The number of hydrogen-bond acceptors (Lipinski definition) is 6. The van der Waals surface area contributed by atoms with E-state index in [1.165, 1.54) is 5.48 Å². The van der Waals surface area contributed by atoms with Crippen LogP contribution in [0.15, 0.2) is 54.6 Å². The molecule has 0 radical (unpaired) electrons. The van der Waals surface area contributed by atoms with Crippen molar-refractivity contribution in [2.45, 2.75) is 17.8 Å². The average Bonchev–Trinajstić information content (AvgIpc) is 2.70. The smallest absolute Gasteiger partial charge is 0.406 e. The summed E-state index contributed by atoms with van der Waals surface area (Å²) in [5.41, 5.74) is 2.00. The lowest BCUT2D eigenvalue weighted by Gasteiger charge is -2.18. The molecule has 2 rings (SSSR count). The third-order valence-corrected chi connectivity index (χ3v) is 4.74. The molecule has 2 aromatic rings. The molecule has 0 spiro atoms. The van der Waals surface area contributed by atoms with Crippen LogP contribution >= 0.6 is 11.8 Å². The van der Waals surface area contributed by atoms with Gasteiger partial charge in [-0.15, -0.1) is 24.9 Å². The maximum atomic E-state index is 12.3. The van der Waals surface area contributed by atoms with Crippen molar-refractivity contribution in [1.82, 2.24) is 10.8 Å². The van der Waals surface area contributed by atoms with Crippen LogP contribution in [0.25, 0.3) is 0 Å². The van der Waals surface area contributed by atoms with Crippen molar-refractivity contribution in [3.05, 3.63) is 65.7 Å². The Bertz CT molecular complexity index is 818. The summed E-state index contributed by atoms with van der Waals surface area (Å²) in [6.45, 7) is 0. The molecule has 156 valence electrons. The first kappa shape index (κ1) is 22.5. The summed E-state index contributed by atoms with van der Waals surface area (Å²) in [5, 5.41) is 20.1. The van der Waals surface area contributed by atoms with Gasteiger partial charge in [-0.1, -0.05) is 30.3 Å². The van der Waals surface area contributed by atoms with Gasteiger partial charge in [0.25, 0.3) is 11.8 Å². The van der Waals surface area contributed by atoms with Crippen molar-refractivity contribution in [3.63, 3.8) is 0 Å². The number of rotatable bonds is 8. The normalized spacial score (nSPS) is 13.3. The number of ether oxygens (including phenoxy) is 1. The van der Waals surface area contributed by atoms with Crippen LogP contribution in [-0.2, 0) is 4.79 Å². The summed E-state index contributed by atoms with van der Waals surface area (Å²) >= 11 is 0.864. The van der Waals surface area contributed by atoms with Gasteiger partial charge in [0, 0.05) is 11.3 Å². The lowest BCUT2D eigenvalue weighted by molar-refractivity contribution is -0.274. The zero-order valence-corrected chi connectivity index (χ0v) is 15.5. The predicted octanol–water partition coefficient (Wildman–Crippen LogP) is 2.61. The SMILES string of the molecule is O=C(NC(SCC(O)c1ccccc1)C(=O)NO)c1ccc(OC(F)(F)F)cc1. The molecule has 0 saturated heterocycles. The molecule has 2 aromatic carbocycles. The molecule has 4 N–H and O–H groups in total. The van der Waals surface area contributed by atoms with Gasteiger partial charge in [0.2, 0.25) is 0 Å². The van der Waals surface area contributed by atoms with E-state index in [9.17, 15) is 27.9 Å². The maximum Gasteiger partial charge on any atom is 0.573 e. The van der Waals surface area contributed by atoms with Crippen LogP contribution < -0.4 is 15.5 Å². The van der Waals surface area contributed by atoms with E-state index >= 15 is 0 Å². The summed E-state index contributed by atoms with van der Waals surface area (Å²) in [7, 11) is 0. The third kappa shape index (κ3) is 7.29. The molecule has 0 fully saturated rings. The Morgan fingerprint density at radius 1 is 1.07 bits per heavy atom. The molecular weight excluding hydrogens is 413 g/mol. The van der Waals surface area contributed by atoms with Gasteiger partial charge >= 0.3 is 6.36 Å². The lowest BCUT2D eigenvalue weighted by Crippen LogP contribution is -2.44. The van der Waals surface area contributed by atoms with E-state index in [-0.39, 0.29) is 11.3 Å². The van der Waals surface area contributed by atoms with Gasteiger partial charge < -0.3 is 15.2 Å². The van der Waals surface area contributed by atoms with Crippen molar-refractivity contribution >= 4 is 23.6 Å². The first-order valence-electron chi connectivity index (χ1n) is 8.15. The molecule has 29 heavy (non-hydrogen) atoms. The van der Waals surface area contributed by atoms with E-state index in [4.69, 9.17) is 5.21 Å². The van der Waals surface area contributed by atoms with Crippen LogP contribution in [0.4, 0.5) is 13.2 Å². The topological polar surface area (TPSA) is 108 Å². The summed E-state index contributed by atoms with van der Waals surface area (Å²) in [6.07, 6.45) is -5.78. The van der Waals surface area contributed by atoms with E-state index in [2.05, 4.69) is 10.1 Å². The monoisotopic (exact) mass is 430 g/mol. The number of benzene rings is 2. The molecule has 0 saturated carbocycles. The number of hydrogen-bond donors (Lipinski definition) is 4. The molecule has 11 heteroatoms. The molecule has 2 atom stereocenters. The first-order valence-corrected chi connectivity index (χ1v) is 9.19. The Labute approximate surface area is 167 Å². The van der Waals surface area contributed by atoms with Crippen molar-refractivity contribution in [2.75, 3.05) is 5.75 Å². The average molecular weight is 430 g/mol. The molecule has 0 aliphatic heterocycles. The quantitative estimate of drug-likeness (QED) is 0.291. The minimum atomic E-state index is -4.86. The molecule has 2 unspecified atom stereocenters. The molecular formula is C18H17F3N2O5S. The van der Waals surface area contributed by atoms with Crippen molar-refractivity contribution < 1.29 is 37.8 Å². The van der Waals surface area contributed by atoms with Gasteiger partial charge in [0.05, 0.1) is 6.10 Å². The Balaban J connectivity index is 2.00. The number of carbonyl (C=O) groups is 2. The number of hydroxylamine groups is 1. The molecule has 2 amide bonds. The van der Waals surface area contributed by atoms with Crippen molar-refractivity contribution in [3.8, 4) is 5.75 Å². The van der Waals surface area contributed by atoms with Gasteiger partial charge in [0.15, 0.2) is 5.37 Å². The summed E-state index contributed by atoms with van der Waals surface area (Å²) < 4.78 is 40.3. The molecule has 0 aliphatic carbocycles. The van der Waals surface area contributed by atoms with E-state index in [0.717, 1.165) is 36.0 Å². The van der Waals surface area contributed by atoms with E-state index in [0.29, 0.717) is 5.56 Å². The second-order valence-electron chi connectivity index (χ2n) is 5.66. The minimum absolute atomic E-state index is 0.0283. The van der Waals surface area contributed by atoms with Gasteiger partial charge in [0.1, 0.15) is 5.75 Å². The number of nitrogens with one attached hydrogen (secondary N) is 2. The highest BCUT2D eigenvalue weighted by molar-refractivity contribution is 8.00. The highest BCUT2D eigenvalue weighted by Gasteiger charge is 2.31. The summed E-state index contributed by atoms with van der Waals surface area (Å²) in [6, 6.07) is 12.7. The third-order valence-electron chi connectivity index (χ3n) is 3.57. The second-order valence-corrected chi connectivity index (χ2v) is 6.80. The summed E-state index contributed by atoms with van der Waals surface area (Å²) in [4.78, 5) is 24.1. The van der Waals surface area contributed by atoms with Crippen LogP contribution in [0.2, 0.25) is 0 Å². The number of aliphatic hydroxyl groups is 1. The molecule has 0 aromatic heterocycles. The van der Waals surface area contributed by atoms with Gasteiger partial charge in [-0.3, -0.25) is 14.8 Å². The van der Waals surface area contributed by atoms with Crippen LogP contribution in [0.1, 0.15) is 22.0 Å². The fourth-order valence-electron chi connectivity index (χ4n) is 2.21. The fourth-order valence-corrected chi connectivity index (χ4v) is 3.17. The largest absolute Gasteiger partial charge is 0.573 e. The standard InChI is InChI=1S/C18H17F3N2O5S/c19-18(20,21)28-13-8-6-12(7-9-13)15(25)22-17(16(26)23-27)29-10-14(24)11-4-2-1-3-5-11/h1-9,14,17,24,27H,10H2,(H,22,25)(H,23,26). The number of alkyl halides is 3. The van der Waals surface area contributed by atoms with Crippen molar-refractivity contribution in [2.24, 2.45) is 0 Å². The second kappa shape index (κ2) is 10.1. The van der Waals surface area contributed by atoms with Crippen molar-refractivity contribution in [1.29, 1.82) is 0 Å². The Morgan fingerprint density at radius 3 is 2.24 bits per heavy atom. The van der Waals surface area contributed by atoms with E-state index < -0.39 is 35.4 Å². The Morgan fingerprint density at radius 2 is 1.69 bits per heavy atom. The van der Waals surface area contributed by atoms with Crippen LogP contribution in [0.3, 0.4) is 0 Å². The Hall–Kier alpha value is -2.76. The van der Waals surface area contributed by atoms with Crippen LogP contribution in [-0.4, -0.2) is 39.6 Å². The number of aliphatic hydroxyl groups excluding tert-OH is 1.